The Morgan fingerprint density at radius 2 is 1.89 bits per heavy atom. The number of ether oxygens (including phenoxy) is 2. The molecule has 2 amide bonds. The van der Waals surface area contributed by atoms with Crippen molar-refractivity contribution in [2.75, 3.05) is 19.0 Å². The number of amides is 2. The Balaban J connectivity index is 2.05. The molecule has 0 saturated carbocycles. The summed E-state index contributed by atoms with van der Waals surface area (Å²) in [4.78, 5) is 23.5. The number of benzene rings is 2. The molecule has 0 saturated heterocycles. The number of rotatable bonds is 9. The van der Waals surface area contributed by atoms with E-state index < -0.39 is 11.7 Å². The number of anilines is 1. The Kier molecular flexibility index (Phi) is 7.80. The van der Waals surface area contributed by atoms with Gasteiger partial charge in [-0.2, -0.15) is 0 Å². The van der Waals surface area contributed by atoms with E-state index in [9.17, 15) is 14.0 Å². The van der Waals surface area contributed by atoms with Gasteiger partial charge in [-0.15, -0.1) is 0 Å². The van der Waals surface area contributed by atoms with E-state index in [0.717, 1.165) is 24.5 Å². The van der Waals surface area contributed by atoms with E-state index in [1.807, 2.05) is 6.07 Å². The quantitative estimate of drug-likeness (QED) is 0.639. The molecule has 28 heavy (non-hydrogen) atoms. The van der Waals surface area contributed by atoms with E-state index in [1.165, 1.54) is 19.1 Å². The number of nitrogens with one attached hydrogen (secondary N) is 2. The third kappa shape index (κ3) is 5.97. The molecule has 0 heterocycles. The van der Waals surface area contributed by atoms with Crippen molar-refractivity contribution in [3.8, 4) is 11.5 Å². The van der Waals surface area contributed by atoms with Crippen LogP contribution < -0.4 is 20.1 Å². The Morgan fingerprint density at radius 3 is 2.57 bits per heavy atom. The van der Waals surface area contributed by atoms with Gasteiger partial charge in [-0.25, -0.2) is 4.39 Å². The Labute approximate surface area is 164 Å². The number of carbonyl (C=O) groups is 2. The lowest BCUT2D eigenvalue weighted by Crippen LogP contribution is -2.24. The first-order chi connectivity index (χ1) is 13.4. The molecule has 2 N–H and O–H groups in total. The largest absolute Gasteiger partial charge is 0.493 e. The number of hydrogen-bond acceptors (Lipinski definition) is 4. The molecular weight excluding hydrogens is 363 g/mol. The molecule has 6 nitrogen and oxygen atoms in total. The standard InChI is InChI=1S/C21H25FN2O4/c1-4-5-10-28-19-9-6-15(11-20(19)27-3)13-23-21(26)17-12-16(24-14(2)25)7-8-18(17)22/h6-9,11-12H,4-5,10,13H2,1-3H3,(H,23,26)(H,24,25). The normalized spacial score (nSPS) is 10.3. The lowest BCUT2D eigenvalue weighted by Gasteiger charge is -2.13. The van der Waals surface area contributed by atoms with E-state index in [2.05, 4.69) is 17.6 Å². The highest BCUT2D eigenvalue weighted by Crippen LogP contribution is 2.28. The average Bonchev–Trinajstić information content (AvgIpc) is 2.68. The predicted molar refractivity (Wildman–Crippen MR) is 105 cm³/mol. The first kappa shape index (κ1) is 21.2. The van der Waals surface area contributed by atoms with Gasteiger partial charge in [-0.1, -0.05) is 19.4 Å². The van der Waals surface area contributed by atoms with Crippen molar-refractivity contribution in [3.05, 3.63) is 53.3 Å². The smallest absolute Gasteiger partial charge is 0.254 e. The van der Waals surface area contributed by atoms with Crippen LogP contribution in [0.1, 0.15) is 42.6 Å². The molecule has 0 unspecified atom stereocenters. The highest BCUT2D eigenvalue weighted by Gasteiger charge is 2.14. The van der Waals surface area contributed by atoms with Gasteiger partial charge < -0.3 is 20.1 Å². The van der Waals surface area contributed by atoms with Crippen LogP contribution in [-0.4, -0.2) is 25.5 Å². The maximum Gasteiger partial charge on any atom is 0.254 e. The monoisotopic (exact) mass is 388 g/mol. The zero-order valence-corrected chi connectivity index (χ0v) is 16.3. The van der Waals surface area contributed by atoms with Gasteiger partial charge in [-0.05, 0) is 42.3 Å². The first-order valence-corrected chi connectivity index (χ1v) is 9.09. The Hall–Kier alpha value is -3.09. The van der Waals surface area contributed by atoms with Crippen LogP contribution in [0.2, 0.25) is 0 Å². The summed E-state index contributed by atoms with van der Waals surface area (Å²) in [5.41, 5.74) is 0.999. The highest BCUT2D eigenvalue weighted by molar-refractivity contribution is 5.97. The fourth-order valence-corrected chi connectivity index (χ4v) is 2.53. The predicted octanol–water partition coefficient (Wildman–Crippen LogP) is 3.90. The number of halogens is 1. The fourth-order valence-electron chi connectivity index (χ4n) is 2.53. The molecule has 2 aromatic rings. The topological polar surface area (TPSA) is 76.7 Å². The number of hydrogen-bond donors (Lipinski definition) is 2. The molecule has 7 heteroatoms. The molecule has 0 aliphatic carbocycles. The summed E-state index contributed by atoms with van der Waals surface area (Å²) in [5, 5.41) is 5.20. The van der Waals surface area contributed by atoms with E-state index in [4.69, 9.17) is 9.47 Å². The maximum absolute atomic E-state index is 14.0. The third-order valence-corrected chi connectivity index (χ3v) is 3.97. The zero-order valence-electron chi connectivity index (χ0n) is 16.3. The van der Waals surface area contributed by atoms with Crippen LogP contribution in [0, 0.1) is 5.82 Å². The Bertz CT molecular complexity index is 839. The Morgan fingerprint density at radius 1 is 1.11 bits per heavy atom. The van der Waals surface area contributed by atoms with Gasteiger partial charge in [0.15, 0.2) is 11.5 Å². The minimum absolute atomic E-state index is 0.141. The summed E-state index contributed by atoms with van der Waals surface area (Å²) >= 11 is 0. The first-order valence-electron chi connectivity index (χ1n) is 9.09. The van der Waals surface area contributed by atoms with Crippen LogP contribution >= 0.6 is 0 Å². The van der Waals surface area contributed by atoms with Crippen LogP contribution in [0.4, 0.5) is 10.1 Å². The van der Waals surface area contributed by atoms with Crippen molar-refractivity contribution in [1.82, 2.24) is 5.32 Å². The summed E-state index contributed by atoms with van der Waals surface area (Å²) in [6.45, 7) is 4.22. The van der Waals surface area contributed by atoms with E-state index in [-0.39, 0.29) is 18.0 Å². The van der Waals surface area contributed by atoms with Crippen molar-refractivity contribution in [1.29, 1.82) is 0 Å². The number of unbranched alkanes of at least 4 members (excludes halogenated alkanes) is 1. The summed E-state index contributed by atoms with van der Waals surface area (Å²) in [5.74, 6) is -0.330. The number of methoxy groups -OCH3 is 1. The van der Waals surface area contributed by atoms with Crippen LogP contribution in [0.25, 0.3) is 0 Å². The lowest BCUT2D eigenvalue weighted by molar-refractivity contribution is -0.114. The maximum atomic E-state index is 14.0. The van der Waals surface area contributed by atoms with E-state index in [0.29, 0.717) is 23.8 Å². The molecule has 0 bridgehead atoms. The van der Waals surface area contributed by atoms with Gasteiger partial charge in [0, 0.05) is 19.2 Å². The second-order valence-electron chi connectivity index (χ2n) is 6.25. The van der Waals surface area contributed by atoms with Gasteiger partial charge in [0.25, 0.3) is 5.91 Å². The van der Waals surface area contributed by atoms with Crippen molar-refractivity contribution in [2.24, 2.45) is 0 Å². The highest BCUT2D eigenvalue weighted by atomic mass is 19.1. The second-order valence-corrected chi connectivity index (χ2v) is 6.25. The van der Waals surface area contributed by atoms with Crippen LogP contribution in [-0.2, 0) is 11.3 Å². The van der Waals surface area contributed by atoms with Gasteiger partial charge in [0.2, 0.25) is 5.91 Å². The van der Waals surface area contributed by atoms with Gasteiger partial charge >= 0.3 is 0 Å². The van der Waals surface area contributed by atoms with Crippen molar-refractivity contribution < 1.29 is 23.5 Å². The molecule has 0 radical (unpaired) electrons. The van der Waals surface area contributed by atoms with Gasteiger partial charge in [0.1, 0.15) is 5.82 Å². The second kappa shape index (κ2) is 10.3. The molecule has 0 atom stereocenters. The summed E-state index contributed by atoms with van der Waals surface area (Å²) in [6.07, 6.45) is 1.98. The van der Waals surface area contributed by atoms with E-state index in [1.54, 1.807) is 19.2 Å². The van der Waals surface area contributed by atoms with Crippen LogP contribution in [0.5, 0.6) is 11.5 Å². The summed E-state index contributed by atoms with van der Waals surface area (Å²) in [7, 11) is 1.55. The summed E-state index contributed by atoms with van der Waals surface area (Å²) < 4.78 is 25.0. The van der Waals surface area contributed by atoms with Crippen molar-refractivity contribution in [3.63, 3.8) is 0 Å². The third-order valence-electron chi connectivity index (χ3n) is 3.97. The molecule has 2 aromatic carbocycles. The van der Waals surface area contributed by atoms with Crippen LogP contribution in [0.15, 0.2) is 36.4 Å². The van der Waals surface area contributed by atoms with Gasteiger partial charge in [0.05, 0.1) is 19.3 Å². The fraction of sp³-hybridized carbons (Fsp3) is 0.333. The SMILES string of the molecule is CCCCOc1ccc(CNC(=O)c2cc(NC(C)=O)ccc2F)cc1OC. The van der Waals surface area contributed by atoms with Crippen molar-refractivity contribution >= 4 is 17.5 Å². The molecule has 150 valence electrons. The molecule has 0 fully saturated rings. The average molecular weight is 388 g/mol. The minimum atomic E-state index is -0.663. The summed E-state index contributed by atoms with van der Waals surface area (Å²) in [6, 6.07) is 9.21. The molecule has 2 rings (SSSR count). The van der Waals surface area contributed by atoms with Crippen molar-refractivity contribution in [2.45, 2.75) is 33.2 Å². The van der Waals surface area contributed by atoms with Gasteiger partial charge in [-0.3, -0.25) is 9.59 Å². The number of carbonyl (C=O) groups excluding carboxylic acids is 2. The lowest BCUT2D eigenvalue weighted by atomic mass is 10.1. The zero-order chi connectivity index (χ0) is 20.5. The molecular formula is C21H25FN2O4. The van der Waals surface area contributed by atoms with E-state index >= 15 is 0 Å². The molecule has 0 spiro atoms. The minimum Gasteiger partial charge on any atom is -0.493 e. The molecule has 0 aromatic heterocycles. The molecule has 0 aliphatic rings. The molecule has 0 aliphatic heterocycles. The van der Waals surface area contributed by atoms with Crippen LogP contribution in [0.3, 0.4) is 0 Å².